The highest BCUT2D eigenvalue weighted by Crippen LogP contribution is 2.12. The number of carbonyl (C=O) groups excluding carboxylic acids is 1. The number of aromatic amines is 1. The largest absolute Gasteiger partial charge is 0.462 e. The Morgan fingerprint density at radius 3 is 2.72 bits per heavy atom. The summed E-state index contributed by atoms with van der Waals surface area (Å²) in [5, 5.41) is 0.512. The van der Waals surface area contributed by atoms with E-state index in [4.69, 9.17) is 4.74 Å². The second-order valence-corrected chi connectivity index (χ2v) is 3.99. The van der Waals surface area contributed by atoms with E-state index in [1.807, 2.05) is 6.92 Å². The molecule has 2 aromatic rings. The topological polar surface area (TPSA) is 59.2 Å². The number of aryl methyl sites for hydroxylation is 1. The molecule has 0 aliphatic heterocycles. The number of esters is 1. The van der Waals surface area contributed by atoms with E-state index in [1.54, 1.807) is 31.2 Å². The van der Waals surface area contributed by atoms with Crippen molar-refractivity contribution in [3.8, 4) is 0 Å². The summed E-state index contributed by atoms with van der Waals surface area (Å²) in [5.41, 5.74) is 1.95. The van der Waals surface area contributed by atoms with E-state index in [1.165, 1.54) is 0 Å². The third-order valence-electron chi connectivity index (χ3n) is 2.78. The number of rotatable bonds is 3. The summed E-state index contributed by atoms with van der Waals surface area (Å²) in [6, 6.07) is 6.54. The molecule has 1 heterocycles. The number of hydrogen-bond donors (Lipinski definition) is 1. The van der Waals surface area contributed by atoms with Gasteiger partial charge in [-0.1, -0.05) is 6.92 Å². The van der Waals surface area contributed by atoms with Crippen molar-refractivity contribution >= 4 is 16.9 Å². The van der Waals surface area contributed by atoms with E-state index < -0.39 is 5.97 Å². The lowest BCUT2D eigenvalue weighted by molar-refractivity contribution is 0.0526. The highest BCUT2D eigenvalue weighted by molar-refractivity contribution is 5.94. The van der Waals surface area contributed by atoms with E-state index >= 15 is 0 Å². The Kier molecular flexibility index (Phi) is 3.46. The fraction of sp³-hybridized carbons (Fsp3) is 0.286. The van der Waals surface area contributed by atoms with Gasteiger partial charge in [-0.25, -0.2) is 4.79 Å². The molecule has 0 unspecified atom stereocenters. The van der Waals surface area contributed by atoms with Crippen LogP contribution in [0.5, 0.6) is 0 Å². The first-order valence-corrected chi connectivity index (χ1v) is 5.98. The monoisotopic (exact) mass is 245 g/mol. The summed E-state index contributed by atoms with van der Waals surface area (Å²) in [7, 11) is 0. The van der Waals surface area contributed by atoms with Gasteiger partial charge in [0.2, 0.25) is 0 Å². The van der Waals surface area contributed by atoms with E-state index in [0.29, 0.717) is 17.6 Å². The lowest BCUT2D eigenvalue weighted by Gasteiger charge is -2.05. The standard InChI is InChI=1S/C14H15NO3/c1-3-10-8-13(16)11-7-9(14(17)18-4-2)5-6-12(11)15-10/h5-8H,3-4H2,1-2H3,(H,15,16). The summed E-state index contributed by atoms with van der Waals surface area (Å²) in [6.07, 6.45) is 0.769. The molecular formula is C14H15NO3. The molecule has 4 nitrogen and oxygen atoms in total. The van der Waals surface area contributed by atoms with Gasteiger partial charge in [0.15, 0.2) is 5.43 Å². The Morgan fingerprint density at radius 2 is 2.06 bits per heavy atom. The van der Waals surface area contributed by atoms with Gasteiger partial charge in [0.05, 0.1) is 12.2 Å². The first kappa shape index (κ1) is 12.4. The van der Waals surface area contributed by atoms with Gasteiger partial charge in [-0.2, -0.15) is 0 Å². The fourth-order valence-electron chi connectivity index (χ4n) is 1.83. The highest BCUT2D eigenvalue weighted by Gasteiger charge is 2.09. The zero-order valence-corrected chi connectivity index (χ0v) is 10.4. The van der Waals surface area contributed by atoms with Crippen LogP contribution in [0.3, 0.4) is 0 Å². The van der Waals surface area contributed by atoms with Crippen molar-refractivity contribution in [1.82, 2.24) is 4.98 Å². The van der Waals surface area contributed by atoms with Crippen LogP contribution in [0.4, 0.5) is 0 Å². The van der Waals surface area contributed by atoms with Crippen molar-refractivity contribution in [3.63, 3.8) is 0 Å². The summed E-state index contributed by atoms with van der Waals surface area (Å²) in [4.78, 5) is 26.7. The number of hydrogen-bond acceptors (Lipinski definition) is 3. The molecule has 0 amide bonds. The van der Waals surface area contributed by atoms with Crippen LogP contribution in [-0.2, 0) is 11.2 Å². The maximum absolute atomic E-state index is 11.9. The SMILES string of the molecule is CCOC(=O)c1ccc2[nH]c(CC)cc(=O)c2c1. The maximum atomic E-state index is 11.9. The average Bonchev–Trinajstić information content (AvgIpc) is 2.38. The molecule has 0 saturated carbocycles. The maximum Gasteiger partial charge on any atom is 0.338 e. The lowest BCUT2D eigenvalue weighted by atomic mass is 10.1. The predicted molar refractivity (Wildman–Crippen MR) is 69.9 cm³/mol. The quantitative estimate of drug-likeness (QED) is 0.844. The molecule has 1 aromatic carbocycles. The first-order valence-electron chi connectivity index (χ1n) is 5.98. The summed E-state index contributed by atoms with van der Waals surface area (Å²) < 4.78 is 4.91. The number of benzene rings is 1. The summed E-state index contributed by atoms with van der Waals surface area (Å²) >= 11 is 0. The number of nitrogens with one attached hydrogen (secondary N) is 1. The Bertz CT molecular complexity index is 643. The molecule has 0 aliphatic carbocycles. The molecule has 0 radical (unpaired) electrons. The van der Waals surface area contributed by atoms with Crippen LogP contribution in [0, 0.1) is 0 Å². The minimum atomic E-state index is -0.404. The van der Waals surface area contributed by atoms with E-state index in [2.05, 4.69) is 4.98 Å². The molecule has 1 N–H and O–H groups in total. The highest BCUT2D eigenvalue weighted by atomic mass is 16.5. The number of carbonyl (C=O) groups is 1. The second kappa shape index (κ2) is 5.04. The van der Waals surface area contributed by atoms with Crippen LogP contribution < -0.4 is 5.43 Å². The van der Waals surface area contributed by atoms with Crippen LogP contribution in [0.25, 0.3) is 10.9 Å². The molecule has 94 valence electrons. The van der Waals surface area contributed by atoms with Gasteiger partial charge in [-0.15, -0.1) is 0 Å². The molecular weight excluding hydrogens is 230 g/mol. The van der Waals surface area contributed by atoms with Gasteiger partial charge >= 0.3 is 5.97 Å². The van der Waals surface area contributed by atoms with Crippen LogP contribution >= 0.6 is 0 Å². The third-order valence-corrected chi connectivity index (χ3v) is 2.78. The van der Waals surface area contributed by atoms with E-state index in [0.717, 1.165) is 17.6 Å². The van der Waals surface area contributed by atoms with Gasteiger partial charge in [-0.05, 0) is 31.5 Å². The van der Waals surface area contributed by atoms with E-state index in [9.17, 15) is 9.59 Å². The molecule has 4 heteroatoms. The number of H-pyrrole nitrogens is 1. The van der Waals surface area contributed by atoms with Gasteiger partial charge in [0.1, 0.15) is 0 Å². The zero-order chi connectivity index (χ0) is 13.1. The van der Waals surface area contributed by atoms with Crippen molar-refractivity contribution in [2.24, 2.45) is 0 Å². The summed E-state index contributed by atoms with van der Waals surface area (Å²) in [5.74, 6) is -0.404. The molecule has 0 saturated heterocycles. The smallest absolute Gasteiger partial charge is 0.338 e. The number of fused-ring (bicyclic) bond motifs is 1. The molecule has 0 atom stereocenters. The van der Waals surface area contributed by atoms with Gasteiger partial charge < -0.3 is 9.72 Å². The van der Waals surface area contributed by atoms with E-state index in [-0.39, 0.29) is 5.43 Å². The van der Waals surface area contributed by atoms with Crippen LogP contribution in [0.2, 0.25) is 0 Å². The van der Waals surface area contributed by atoms with Gasteiger partial charge in [0, 0.05) is 22.7 Å². The number of aromatic nitrogens is 1. The molecule has 1 aromatic heterocycles. The molecule has 0 aliphatic rings. The Labute approximate surface area is 105 Å². The van der Waals surface area contributed by atoms with Gasteiger partial charge in [0.25, 0.3) is 0 Å². The van der Waals surface area contributed by atoms with Gasteiger partial charge in [-0.3, -0.25) is 4.79 Å². The molecule has 0 bridgehead atoms. The fourth-order valence-corrected chi connectivity index (χ4v) is 1.83. The Balaban J connectivity index is 2.55. The molecule has 18 heavy (non-hydrogen) atoms. The van der Waals surface area contributed by atoms with Crippen LogP contribution in [0.15, 0.2) is 29.1 Å². The average molecular weight is 245 g/mol. The van der Waals surface area contributed by atoms with Crippen molar-refractivity contribution in [2.75, 3.05) is 6.61 Å². The Hall–Kier alpha value is -2.10. The Morgan fingerprint density at radius 1 is 1.28 bits per heavy atom. The minimum absolute atomic E-state index is 0.0771. The van der Waals surface area contributed by atoms with Crippen molar-refractivity contribution in [3.05, 3.63) is 45.7 Å². The minimum Gasteiger partial charge on any atom is -0.462 e. The number of pyridine rings is 1. The van der Waals surface area contributed by atoms with Crippen LogP contribution in [-0.4, -0.2) is 17.6 Å². The normalized spacial score (nSPS) is 10.6. The van der Waals surface area contributed by atoms with Crippen molar-refractivity contribution in [1.29, 1.82) is 0 Å². The molecule has 0 spiro atoms. The zero-order valence-electron chi connectivity index (χ0n) is 10.4. The first-order chi connectivity index (χ1) is 8.65. The second-order valence-electron chi connectivity index (χ2n) is 3.99. The third kappa shape index (κ3) is 2.27. The lowest BCUT2D eigenvalue weighted by Crippen LogP contribution is -2.08. The molecule has 2 rings (SSSR count). The molecule has 0 fully saturated rings. The van der Waals surface area contributed by atoms with Crippen LogP contribution in [0.1, 0.15) is 29.9 Å². The predicted octanol–water partition coefficient (Wildman–Crippen LogP) is 2.27. The summed E-state index contributed by atoms with van der Waals surface area (Å²) in [6.45, 7) is 4.05. The number of ether oxygens (including phenoxy) is 1. The van der Waals surface area contributed by atoms with Crippen molar-refractivity contribution in [2.45, 2.75) is 20.3 Å². The van der Waals surface area contributed by atoms with Crippen molar-refractivity contribution < 1.29 is 9.53 Å².